The minimum atomic E-state index is -4.59. The Bertz CT molecular complexity index is 910. The maximum atomic E-state index is 12.7. The molecule has 0 spiro atoms. The second-order valence-corrected chi connectivity index (χ2v) is 6.68. The van der Waals surface area contributed by atoms with Crippen molar-refractivity contribution in [3.63, 3.8) is 0 Å². The van der Waals surface area contributed by atoms with Gasteiger partial charge < -0.3 is 5.32 Å². The van der Waals surface area contributed by atoms with Gasteiger partial charge in [0.05, 0.1) is 21.6 Å². The van der Waals surface area contributed by atoms with Crippen molar-refractivity contribution >= 4 is 15.5 Å². The highest BCUT2D eigenvalue weighted by Crippen LogP contribution is 2.30. The summed E-state index contributed by atoms with van der Waals surface area (Å²) in [7, 11) is -4.43. The molecule has 0 aliphatic carbocycles. The number of hydrogen-bond donors (Lipinski definition) is 1. The summed E-state index contributed by atoms with van der Waals surface area (Å²) in [5, 5.41) is 12.2. The maximum Gasteiger partial charge on any atom is 0.416 e. The van der Waals surface area contributed by atoms with E-state index in [1.54, 1.807) is 0 Å². The third kappa shape index (κ3) is 4.35. The average molecular weight is 372 g/mol. The Morgan fingerprint density at radius 1 is 1.08 bits per heavy atom. The Balaban J connectivity index is 2.38. The molecule has 10 heteroatoms. The fourth-order valence-electron chi connectivity index (χ4n) is 1.88. The monoisotopic (exact) mass is 372 g/mol. The zero-order valence-corrected chi connectivity index (χ0v) is 13.2. The van der Waals surface area contributed by atoms with Gasteiger partial charge in [-0.25, -0.2) is 8.42 Å². The van der Waals surface area contributed by atoms with Gasteiger partial charge in [-0.3, -0.25) is 10.1 Å². The Kier molecular flexibility index (Phi) is 5.12. The number of halogens is 3. The van der Waals surface area contributed by atoms with Gasteiger partial charge in [0.25, 0.3) is 9.84 Å². The SMILES string of the molecule is O=[N+]([O-])/C(=C\Nc1cccc(C(F)(F)F)c1)S(=O)(=O)c1ccccc1. The highest BCUT2D eigenvalue weighted by atomic mass is 32.2. The van der Waals surface area contributed by atoms with E-state index in [1.165, 1.54) is 36.4 Å². The molecule has 6 nitrogen and oxygen atoms in total. The zero-order valence-electron chi connectivity index (χ0n) is 12.4. The van der Waals surface area contributed by atoms with Gasteiger partial charge in [-0.1, -0.05) is 24.3 Å². The summed E-state index contributed by atoms with van der Waals surface area (Å²) in [6.45, 7) is 0. The molecule has 25 heavy (non-hydrogen) atoms. The molecule has 0 fully saturated rings. The van der Waals surface area contributed by atoms with Crippen molar-refractivity contribution in [2.24, 2.45) is 0 Å². The highest BCUT2D eigenvalue weighted by molar-refractivity contribution is 7.95. The summed E-state index contributed by atoms with van der Waals surface area (Å²) in [4.78, 5) is 9.68. The lowest BCUT2D eigenvalue weighted by molar-refractivity contribution is -0.411. The van der Waals surface area contributed by atoms with E-state index < -0.39 is 31.5 Å². The van der Waals surface area contributed by atoms with Crippen molar-refractivity contribution in [3.05, 3.63) is 81.5 Å². The van der Waals surface area contributed by atoms with Crippen molar-refractivity contribution in [2.75, 3.05) is 5.32 Å². The molecule has 0 aromatic heterocycles. The molecule has 0 bridgehead atoms. The van der Waals surface area contributed by atoms with E-state index in [-0.39, 0.29) is 10.6 Å². The molecule has 0 aliphatic heterocycles. The van der Waals surface area contributed by atoms with Crippen molar-refractivity contribution in [3.8, 4) is 0 Å². The molecule has 2 rings (SSSR count). The van der Waals surface area contributed by atoms with E-state index in [9.17, 15) is 31.7 Å². The molecule has 0 saturated heterocycles. The lowest BCUT2D eigenvalue weighted by Gasteiger charge is -2.08. The Labute approximate surface area is 140 Å². The fourth-order valence-corrected chi connectivity index (χ4v) is 3.05. The number of nitrogens with zero attached hydrogens (tertiary/aromatic N) is 1. The van der Waals surface area contributed by atoms with Crippen LogP contribution in [0.2, 0.25) is 0 Å². The van der Waals surface area contributed by atoms with E-state index in [1.807, 2.05) is 0 Å². The molecule has 132 valence electrons. The average Bonchev–Trinajstić information content (AvgIpc) is 2.55. The molecule has 0 saturated carbocycles. The van der Waals surface area contributed by atoms with Gasteiger partial charge in [-0.05, 0) is 30.3 Å². The number of rotatable bonds is 5. The van der Waals surface area contributed by atoms with Gasteiger partial charge in [-0.15, -0.1) is 0 Å². The first kappa shape index (κ1) is 18.5. The minimum Gasteiger partial charge on any atom is -0.355 e. The molecular weight excluding hydrogens is 361 g/mol. The second-order valence-electron chi connectivity index (χ2n) is 4.78. The highest BCUT2D eigenvalue weighted by Gasteiger charge is 2.32. The van der Waals surface area contributed by atoms with Gasteiger partial charge in [0.1, 0.15) is 0 Å². The van der Waals surface area contributed by atoms with E-state index in [0.717, 1.165) is 12.1 Å². The van der Waals surface area contributed by atoms with Gasteiger partial charge in [0.2, 0.25) is 0 Å². The Morgan fingerprint density at radius 2 is 1.72 bits per heavy atom. The zero-order chi connectivity index (χ0) is 18.7. The largest absolute Gasteiger partial charge is 0.416 e. The van der Waals surface area contributed by atoms with Gasteiger partial charge in [-0.2, -0.15) is 13.2 Å². The predicted molar refractivity (Wildman–Crippen MR) is 83.8 cm³/mol. The third-order valence-electron chi connectivity index (χ3n) is 3.06. The molecule has 0 amide bonds. The summed E-state index contributed by atoms with van der Waals surface area (Å²) < 4.78 is 62.6. The first-order valence-electron chi connectivity index (χ1n) is 6.71. The van der Waals surface area contributed by atoms with Crippen LogP contribution in [0, 0.1) is 10.1 Å². The maximum absolute atomic E-state index is 12.7. The normalized spacial score (nSPS) is 12.7. The van der Waals surface area contributed by atoms with Crippen molar-refractivity contribution in [1.29, 1.82) is 0 Å². The van der Waals surface area contributed by atoms with Crippen molar-refractivity contribution in [1.82, 2.24) is 0 Å². The van der Waals surface area contributed by atoms with Crippen LogP contribution in [-0.2, 0) is 16.0 Å². The summed E-state index contributed by atoms with van der Waals surface area (Å²) in [5.41, 5.74) is -1.11. The summed E-state index contributed by atoms with van der Waals surface area (Å²) in [5.74, 6) is 0. The van der Waals surface area contributed by atoms with Crippen LogP contribution in [0.15, 0.2) is 70.7 Å². The molecule has 0 radical (unpaired) electrons. The molecule has 0 aliphatic rings. The molecule has 2 aromatic carbocycles. The van der Waals surface area contributed by atoms with Crippen LogP contribution in [0.25, 0.3) is 0 Å². The van der Waals surface area contributed by atoms with Crippen LogP contribution in [0.5, 0.6) is 0 Å². The topological polar surface area (TPSA) is 89.3 Å². The summed E-state index contributed by atoms with van der Waals surface area (Å²) >= 11 is 0. The Morgan fingerprint density at radius 3 is 2.28 bits per heavy atom. The standard InChI is InChI=1S/C15H11F3N2O4S/c16-15(17,18)11-5-4-6-12(9-11)19-10-14(20(21)22)25(23,24)13-7-2-1-3-8-13/h1-10,19H/b14-10+. The van der Waals surface area contributed by atoms with Crippen LogP contribution in [0.3, 0.4) is 0 Å². The second kappa shape index (κ2) is 6.93. The fraction of sp³-hybridized carbons (Fsp3) is 0.0667. The van der Waals surface area contributed by atoms with Gasteiger partial charge in [0.15, 0.2) is 0 Å². The van der Waals surface area contributed by atoms with E-state index >= 15 is 0 Å². The Hall–Kier alpha value is -2.88. The minimum absolute atomic E-state index is 0.141. The lowest BCUT2D eigenvalue weighted by atomic mass is 10.2. The number of sulfone groups is 1. The molecule has 0 atom stereocenters. The lowest BCUT2D eigenvalue weighted by Crippen LogP contribution is -2.14. The number of nitrogens with one attached hydrogen (secondary N) is 1. The summed E-state index contributed by atoms with van der Waals surface area (Å²) in [6.07, 6.45) is -4.04. The first-order valence-corrected chi connectivity index (χ1v) is 8.19. The number of hydrogen-bond acceptors (Lipinski definition) is 5. The van der Waals surface area contributed by atoms with Crippen LogP contribution in [0.1, 0.15) is 5.56 Å². The van der Waals surface area contributed by atoms with Crippen LogP contribution < -0.4 is 5.32 Å². The molecule has 0 unspecified atom stereocenters. The molecule has 1 N–H and O–H groups in total. The summed E-state index contributed by atoms with van der Waals surface area (Å²) in [6, 6.07) is 10.5. The quantitative estimate of drug-likeness (QED) is 0.639. The van der Waals surface area contributed by atoms with Gasteiger partial charge in [0, 0.05) is 5.69 Å². The number of alkyl halides is 3. The van der Waals surface area contributed by atoms with E-state index in [0.29, 0.717) is 12.3 Å². The van der Waals surface area contributed by atoms with Crippen molar-refractivity contribution in [2.45, 2.75) is 11.1 Å². The first-order chi connectivity index (χ1) is 11.6. The number of anilines is 1. The van der Waals surface area contributed by atoms with Crippen molar-refractivity contribution < 1.29 is 26.5 Å². The van der Waals surface area contributed by atoms with E-state index in [2.05, 4.69) is 5.32 Å². The van der Waals surface area contributed by atoms with Gasteiger partial charge >= 0.3 is 11.2 Å². The molecule has 2 aromatic rings. The number of benzene rings is 2. The predicted octanol–water partition coefficient (Wildman–Crippen LogP) is 3.67. The van der Waals surface area contributed by atoms with Crippen LogP contribution in [0.4, 0.5) is 18.9 Å². The third-order valence-corrected chi connectivity index (χ3v) is 4.77. The number of nitro groups is 1. The smallest absolute Gasteiger partial charge is 0.355 e. The van der Waals surface area contributed by atoms with Crippen LogP contribution >= 0.6 is 0 Å². The molecule has 0 heterocycles. The van der Waals surface area contributed by atoms with Crippen LogP contribution in [-0.4, -0.2) is 13.3 Å². The molecular formula is C15H11F3N2O4S. The van der Waals surface area contributed by atoms with E-state index in [4.69, 9.17) is 0 Å².